The Balaban J connectivity index is 2.54. The minimum absolute atomic E-state index is 0.213. The molecule has 0 heterocycles. The first-order chi connectivity index (χ1) is 2.27. The number of rotatable bonds is 1. The lowest BCUT2D eigenvalue weighted by Crippen LogP contribution is -1.85. The van der Waals surface area contributed by atoms with Crippen LogP contribution in [-0.2, 0) is 4.65 Å². The smallest absolute Gasteiger partial charge is 0.285 e. The topological polar surface area (TPSA) is 9.23 Å². The second-order valence-corrected chi connectivity index (χ2v) is 3.29. The summed E-state index contributed by atoms with van der Waals surface area (Å²) >= 11 is 5.89. The Hall–Kier alpha value is 0.985. The lowest BCUT2D eigenvalue weighted by atomic mass is 10.6. The van der Waals surface area contributed by atoms with Crippen LogP contribution in [0.25, 0.3) is 0 Å². The molecule has 0 aromatic heterocycles. The Kier molecular flexibility index (Phi) is 3.81. The Bertz CT molecular complexity index is 23.6. The molecule has 0 amide bonds. The van der Waals surface area contributed by atoms with Crippen molar-refractivity contribution in [2.75, 3.05) is 0 Å². The molecule has 2 radical (unpaired) electrons. The molecule has 4 heteroatoms. The van der Waals surface area contributed by atoms with Gasteiger partial charge in [0.15, 0.2) is 3.92 Å². The molecule has 0 bridgehead atoms. The zero-order valence-corrected chi connectivity index (χ0v) is 5.49. The van der Waals surface area contributed by atoms with Crippen molar-refractivity contribution in [2.24, 2.45) is 0 Å². The largest absolute Gasteiger partial charge is 0.428 e. The quantitative estimate of drug-likeness (QED) is 0.455. The van der Waals surface area contributed by atoms with Gasteiger partial charge in [-0.3, -0.25) is 0 Å². The van der Waals surface area contributed by atoms with Crippen LogP contribution in [0.4, 0.5) is 0 Å². The summed E-state index contributed by atoms with van der Waals surface area (Å²) in [4.78, 5) is 0. The number of hydrogen-bond acceptors (Lipinski definition) is 1. The lowest BCUT2D eigenvalue weighted by molar-refractivity contribution is 0.417. The molecule has 1 nitrogen and oxygen atoms in total. The Morgan fingerprint density at radius 2 is 1.80 bits per heavy atom. The summed E-state index contributed by atoms with van der Waals surface area (Å²) in [7, 11) is 4.58. The van der Waals surface area contributed by atoms with Gasteiger partial charge in [-0.1, -0.05) is 0 Å². The average Bonchev–Trinajstić information content (AvgIpc) is 1.38. The van der Waals surface area contributed by atoms with Crippen molar-refractivity contribution in [3.05, 3.63) is 0 Å². The summed E-state index contributed by atoms with van der Waals surface area (Å²) in [6.45, 7) is 0. The third kappa shape index (κ3) is 4.98. The number of alkyl halides is 2. The molecule has 0 saturated carbocycles. The van der Waals surface area contributed by atoms with E-state index < -0.39 is 0 Å². The monoisotopic (exact) mass is 198 g/mol. The standard InChI is InChI=1S/CHBBr2O/c2-5-1(3)4/h1H. The molecular formula is CHBBr2O. The van der Waals surface area contributed by atoms with E-state index in [4.69, 9.17) is 0 Å². The fourth-order valence-corrected chi connectivity index (χ4v) is 0. The Morgan fingerprint density at radius 3 is 1.80 bits per heavy atom. The van der Waals surface area contributed by atoms with Crippen LogP contribution in [0.2, 0.25) is 0 Å². The van der Waals surface area contributed by atoms with E-state index in [0.29, 0.717) is 0 Å². The van der Waals surface area contributed by atoms with Crippen LogP contribution < -0.4 is 0 Å². The molecule has 0 aliphatic heterocycles. The molecule has 0 fully saturated rings. The van der Waals surface area contributed by atoms with Crippen molar-refractivity contribution >= 4 is 39.9 Å². The van der Waals surface area contributed by atoms with E-state index in [9.17, 15) is 0 Å². The van der Waals surface area contributed by atoms with E-state index >= 15 is 0 Å². The van der Waals surface area contributed by atoms with Crippen molar-refractivity contribution in [3.63, 3.8) is 0 Å². The molecule has 0 saturated heterocycles. The van der Waals surface area contributed by atoms with E-state index in [0.717, 1.165) is 0 Å². The van der Waals surface area contributed by atoms with Crippen molar-refractivity contribution in [3.8, 4) is 0 Å². The molecule has 0 atom stereocenters. The normalized spacial score (nSPS) is 9.40. The lowest BCUT2D eigenvalue weighted by Gasteiger charge is -1.90. The van der Waals surface area contributed by atoms with Crippen molar-refractivity contribution in [1.82, 2.24) is 0 Å². The number of hydrogen-bond donors (Lipinski definition) is 0. The summed E-state index contributed by atoms with van der Waals surface area (Å²) in [6, 6.07) is 0. The molecule has 0 aliphatic rings. The fraction of sp³-hybridized carbons (Fsp3) is 1.00. The third-order valence-corrected chi connectivity index (χ3v) is 0.535. The maximum Gasteiger partial charge on any atom is 0.285 e. The van der Waals surface area contributed by atoms with Crippen LogP contribution in [0, 0.1) is 0 Å². The van der Waals surface area contributed by atoms with E-state index in [1.165, 1.54) is 0 Å². The first-order valence-electron chi connectivity index (χ1n) is 0.908. The maximum atomic E-state index is 4.58. The van der Waals surface area contributed by atoms with Gasteiger partial charge in [0.2, 0.25) is 0 Å². The fourth-order valence-electron chi connectivity index (χ4n) is 0. The highest BCUT2D eigenvalue weighted by Gasteiger charge is 1.84. The van der Waals surface area contributed by atoms with Gasteiger partial charge in [0, 0.05) is 0 Å². The first-order valence-corrected chi connectivity index (χ1v) is 2.74. The molecule has 0 aromatic carbocycles. The Morgan fingerprint density at radius 1 is 1.60 bits per heavy atom. The molecule has 0 aromatic rings. The molecule has 0 spiro atoms. The second kappa shape index (κ2) is 3.19. The molecule has 0 rings (SSSR count). The predicted octanol–water partition coefficient (Wildman–Crippen LogP) is 1.16. The second-order valence-electron chi connectivity index (χ2n) is 0.397. The third-order valence-electron chi connectivity index (χ3n) is 0.103. The van der Waals surface area contributed by atoms with Crippen molar-refractivity contribution in [2.45, 2.75) is 3.92 Å². The van der Waals surface area contributed by atoms with E-state index in [1.54, 1.807) is 0 Å². The highest BCUT2D eigenvalue weighted by Crippen LogP contribution is 2.05. The van der Waals surface area contributed by atoms with Crippen molar-refractivity contribution < 1.29 is 4.65 Å². The van der Waals surface area contributed by atoms with Gasteiger partial charge < -0.3 is 4.65 Å². The summed E-state index contributed by atoms with van der Waals surface area (Å²) in [5.74, 6) is 0. The highest BCUT2D eigenvalue weighted by atomic mass is 79.9. The molecule has 28 valence electrons. The van der Waals surface area contributed by atoms with E-state index in [-0.39, 0.29) is 3.92 Å². The zero-order chi connectivity index (χ0) is 4.28. The van der Waals surface area contributed by atoms with Crippen LogP contribution in [0.1, 0.15) is 0 Å². The molecule has 0 aliphatic carbocycles. The summed E-state index contributed by atoms with van der Waals surface area (Å²) < 4.78 is 3.87. The molecule has 5 heavy (non-hydrogen) atoms. The van der Waals surface area contributed by atoms with E-state index in [2.05, 4.69) is 44.6 Å². The van der Waals surface area contributed by atoms with Crippen LogP contribution in [0.5, 0.6) is 0 Å². The van der Waals surface area contributed by atoms with E-state index in [1.807, 2.05) is 0 Å². The molecule has 0 N–H and O–H groups in total. The SMILES string of the molecule is [B]OC(Br)Br. The van der Waals surface area contributed by atoms with Gasteiger partial charge in [-0.15, -0.1) is 0 Å². The summed E-state index contributed by atoms with van der Waals surface area (Å²) in [5.41, 5.74) is 0. The van der Waals surface area contributed by atoms with Crippen LogP contribution in [-0.4, -0.2) is 12.0 Å². The van der Waals surface area contributed by atoms with Gasteiger partial charge >= 0.3 is 0 Å². The predicted molar refractivity (Wildman–Crippen MR) is 28.5 cm³/mol. The first kappa shape index (κ1) is 5.98. The summed E-state index contributed by atoms with van der Waals surface area (Å²) in [5, 5.41) is 0. The number of halogens is 2. The van der Waals surface area contributed by atoms with Gasteiger partial charge in [0.1, 0.15) is 0 Å². The van der Waals surface area contributed by atoms with Crippen molar-refractivity contribution in [1.29, 1.82) is 0 Å². The van der Waals surface area contributed by atoms with Gasteiger partial charge in [0.25, 0.3) is 8.05 Å². The Labute approximate surface area is 48.8 Å². The molecule has 0 unspecified atom stereocenters. The zero-order valence-electron chi connectivity index (χ0n) is 2.32. The minimum atomic E-state index is -0.213. The van der Waals surface area contributed by atoms with Crippen LogP contribution in [0.3, 0.4) is 0 Å². The van der Waals surface area contributed by atoms with Gasteiger partial charge in [0.05, 0.1) is 0 Å². The molecular weight excluding hydrogens is 199 g/mol. The summed E-state index contributed by atoms with van der Waals surface area (Å²) in [6.07, 6.45) is 0. The van der Waals surface area contributed by atoms with Crippen LogP contribution >= 0.6 is 31.9 Å². The van der Waals surface area contributed by atoms with Crippen LogP contribution in [0.15, 0.2) is 0 Å². The average molecular weight is 200 g/mol. The van der Waals surface area contributed by atoms with Gasteiger partial charge in [-0.05, 0) is 31.9 Å². The maximum absolute atomic E-state index is 4.58. The highest BCUT2D eigenvalue weighted by molar-refractivity contribution is 9.24. The van der Waals surface area contributed by atoms with Gasteiger partial charge in [-0.2, -0.15) is 0 Å². The minimum Gasteiger partial charge on any atom is -0.428 e. The van der Waals surface area contributed by atoms with Gasteiger partial charge in [-0.25, -0.2) is 0 Å².